The smallest absolute Gasteiger partial charge is 0.0733 e. The molecule has 2 aromatic carbocycles. The minimum Gasteiger partial charge on any atom is -0.241 e. The maximum Gasteiger partial charge on any atom is 0.0733 e. The minimum absolute atomic E-state index is 0.910. The fourth-order valence-corrected chi connectivity index (χ4v) is 2.40. The largest absolute Gasteiger partial charge is 0.241 e. The van der Waals surface area contributed by atoms with E-state index >= 15 is 0 Å². The molecule has 1 aromatic heterocycles. The van der Waals surface area contributed by atoms with E-state index in [2.05, 4.69) is 73.6 Å². The summed E-state index contributed by atoms with van der Waals surface area (Å²) in [6.07, 6.45) is 6.93. The third-order valence-corrected chi connectivity index (χ3v) is 3.74. The van der Waals surface area contributed by atoms with E-state index in [1.54, 1.807) is 0 Å². The summed E-state index contributed by atoms with van der Waals surface area (Å²) in [6, 6.07) is 19.2. The van der Waals surface area contributed by atoms with Gasteiger partial charge in [0.25, 0.3) is 0 Å². The van der Waals surface area contributed by atoms with Gasteiger partial charge in [-0.15, -0.1) is 0 Å². The molecule has 0 atom stereocenters. The number of rotatable bonds is 4. The Bertz CT molecular complexity index is 762. The highest BCUT2D eigenvalue weighted by atomic mass is 15.3. The Morgan fingerprint density at radius 3 is 2.18 bits per heavy atom. The molecular weight excluding hydrogens is 268 g/mol. The van der Waals surface area contributed by atoms with Crippen LogP contribution in [0, 0.1) is 13.8 Å². The molecule has 0 aliphatic carbocycles. The molecule has 0 spiro atoms. The lowest BCUT2D eigenvalue weighted by atomic mass is 10.1. The van der Waals surface area contributed by atoms with Crippen LogP contribution in [-0.4, -0.2) is 9.78 Å². The molecule has 0 fully saturated rings. The van der Waals surface area contributed by atoms with Crippen LogP contribution in [0.25, 0.3) is 17.5 Å². The van der Waals surface area contributed by atoms with Gasteiger partial charge in [-0.3, -0.25) is 0 Å². The van der Waals surface area contributed by atoms with Crippen LogP contribution in [-0.2, 0) is 6.42 Å². The Labute approximate surface area is 131 Å². The monoisotopic (exact) mass is 288 g/mol. The van der Waals surface area contributed by atoms with Gasteiger partial charge in [0.15, 0.2) is 0 Å². The molecule has 0 saturated heterocycles. The number of hydrogen-bond acceptors (Lipinski definition) is 1. The average molecular weight is 288 g/mol. The summed E-state index contributed by atoms with van der Waals surface area (Å²) < 4.78 is 1.93. The van der Waals surface area contributed by atoms with Crippen LogP contribution >= 0.6 is 0 Å². The van der Waals surface area contributed by atoms with Crippen LogP contribution < -0.4 is 0 Å². The standard InChI is InChI=1S/C20H20N2/c1-16-5-9-18(10-6-16)4-3-15-22-20(13-14-21-22)19-11-7-17(2)8-12-19/h3,5-15H,4H2,1-2H3/b15-3+. The van der Waals surface area contributed by atoms with Crippen molar-refractivity contribution in [2.24, 2.45) is 0 Å². The van der Waals surface area contributed by atoms with Crippen molar-refractivity contribution in [2.75, 3.05) is 0 Å². The molecule has 0 N–H and O–H groups in total. The predicted molar refractivity (Wildman–Crippen MR) is 92.6 cm³/mol. The van der Waals surface area contributed by atoms with Crippen molar-refractivity contribution in [1.82, 2.24) is 9.78 Å². The van der Waals surface area contributed by atoms with E-state index in [1.807, 2.05) is 23.1 Å². The topological polar surface area (TPSA) is 17.8 Å². The molecular formula is C20H20N2. The van der Waals surface area contributed by atoms with Crippen molar-refractivity contribution in [3.05, 3.63) is 83.6 Å². The van der Waals surface area contributed by atoms with Gasteiger partial charge in [-0.2, -0.15) is 5.10 Å². The van der Waals surface area contributed by atoms with Gasteiger partial charge in [0.2, 0.25) is 0 Å². The third-order valence-electron chi connectivity index (χ3n) is 3.74. The summed E-state index contributed by atoms with van der Waals surface area (Å²) in [6.45, 7) is 4.21. The fraction of sp³-hybridized carbons (Fsp3) is 0.150. The van der Waals surface area contributed by atoms with Crippen molar-refractivity contribution >= 4 is 6.20 Å². The highest BCUT2D eigenvalue weighted by Crippen LogP contribution is 2.19. The summed E-state index contributed by atoms with van der Waals surface area (Å²) in [5, 5.41) is 4.39. The van der Waals surface area contributed by atoms with Gasteiger partial charge in [0.05, 0.1) is 5.69 Å². The fourth-order valence-electron chi connectivity index (χ4n) is 2.40. The molecule has 2 nitrogen and oxygen atoms in total. The SMILES string of the molecule is Cc1ccc(C/C=C/n2nccc2-c2ccc(C)cc2)cc1. The van der Waals surface area contributed by atoms with Crippen LogP contribution in [0.15, 0.2) is 66.9 Å². The van der Waals surface area contributed by atoms with Crippen molar-refractivity contribution in [3.8, 4) is 11.3 Å². The maximum absolute atomic E-state index is 4.39. The molecule has 0 amide bonds. The van der Waals surface area contributed by atoms with Crippen LogP contribution in [0.4, 0.5) is 0 Å². The van der Waals surface area contributed by atoms with Gasteiger partial charge in [-0.05, 0) is 31.9 Å². The molecule has 0 aliphatic rings. The second-order valence-corrected chi connectivity index (χ2v) is 5.60. The highest BCUT2D eigenvalue weighted by molar-refractivity contribution is 5.62. The molecule has 0 aliphatic heterocycles. The number of aryl methyl sites for hydroxylation is 2. The van der Waals surface area contributed by atoms with Crippen molar-refractivity contribution in [3.63, 3.8) is 0 Å². The predicted octanol–water partition coefficient (Wildman–Crippen LogP) is 4.88. The molecule has 110 valence electrons. The summed E-state index contributed by atoms with van der Waals surface area (Å²) in [5.74, 6) is 0. The van der Waals surface area contributed by atoms with E-state index in [0.717, 1.165) is 12.1 Å². The van der Waals surface area contributed by atoms with Crippen molar-refractivity contribution < 1.29 is 0 Å². The third kappa shape index (κ3) is 3.34. The Morgan fingerprint density at radius 2 is 1.50 bits per heavy atom. The van der Waals surface area contributed by atoms with Gasteiger partial charge >= 0.3 is 0 Å². The minimum atomic E-state index is 0.910. The number of allylic oxidation sites excluding steroid dienone is 1. The van der Waals surface area contributed by atoms with Crippen LogP contribution in [0.3, 0.4) is 0 Å². The zero-order valence-corrected chi connectivity index (χ0v) is 13.0. The summed E-state index contributed by atoms with van der Waals surface area (Å²) in [7, 11) is 0. The molecule has 2 heteroatoms. The average Bonchev–Trinajstić information content (AvgIpc) is 2.98. The van der Waals surface area contributed by atoms with E-state index in [-0.39, 0.29) is 0 Å². The zero-order chi connectivity index (χ0) is 15.4. The Hall–Kier alpha value is -2.61. The number of hydrogen-bond donors (Lipinski definition) is 0. The number of aromatic nitrogens is 2. The molecule has 1 heterocycles. The number of nitrogens with zero attached hydrogens (tertiary/aromatic N) is 2. The normalized spacial score (nSPS) is 11.2. The molecule has 0 bridgehead atoms. The van der Waals surface area contributed by atoms with Crippen molar-refractivity contribution in [2.45, 2.75) is 20.3 Å². The van der Waals surface area contributed by atoms with E-state index in [1.165, 1.54) is 22.3 Å². The quantitative estimate of drug-likeness (QED) is 0.669. The first kappa shape index (κ1) is 14.3. The first-order valence-electron chi connectivity index (χ1n) is 7.55. The summed E-state index contributed by atoms with van der Waals surface area (Å²) in [5.41, 5.74) is 6.17. The van der Waals surface area contributed by atoms with Gasteiger partial charge in [0, 0.05) is 18.0 Å². The molecule has 0 unspecified atom stereocenters. The van der Waals surface area contributed by atoms with Crippen molar-refractivity contribution in [1.29, 1.82) is 0 Å². The lowest BCUT2D eigenvalue weighted by Crippen LogP contribution is -1.93. The van der Waals surface area contributed by atoms with Crippen LogP contribution in [0.1, 0.15) is 16.7 Å². The molecule has 3 aromatic rings. The maximum atomic E-state index is 4.39. The summed E-state index contributed by atoms with van der Waals surface area (Å²) in [4.78, 5) is 0. The van der Waals surface area contributed by atoms with Crippen LogP contribution in [0.2, 0.25) is 0 Å². The molecule has 0 radical (unpaired) electrons. The van der Waals surface area contributed by atoms with Gasteiger partial charge in [-0.1, -0.05) is 65.7 Å². The van der Waals surface area contributed by atoms with E-state index in [0.29, 0.717) is 0 Å². The van der Waals surface area contributed by atoms with E-state index in [4.69, 9.17) is 0 Å². The van der Waals surface area contributed by atoms with Crippen LogP contribution in [0.5, 0.6) is 0 Å². The first-order chi connectivity index (χ1) is 10.7. The highest BCUT2D eigenvalue weighted by Gasteiger charge is 2.02. The first-order valence-corrected chi connectivity index (χ1v) is 7.55. The summed E-state index contributed by atoms with van der Waals surface area (Å²) >= 11 is 0. The Balaban J connectivity index is 1.76. The van der Waals surface area contributed by atoms with E-state index < -0.39 is 0 Å². The van der Waals surface area contributed by atoms with Gasteiger partial charge < -0.3 is 0 Å². The molecule has 0 saturated carbocycles. The van der Waals surface area contributed by atoms with Gasteiger partial charge in [0.1, 0.15) is 0 Å². The zero-order valence-electron chi connectivity index (χ0n) is 13.0. The Morgan fingerprint density at radius 1 is 0.864 bits per heavy atom. The lowest BCUT2D eigenvalue weighted by molar-refractivity contribution is 0.938. The van der Waals surface area contributed by atoms with E-state index in [9.17, 15) is 0 Å². The number of benzene rings is 2. The van der Waals surface area contributed by atoms with Gasteiger partial charge in [-0.25, -0.2) is 4.68 Å². The Kier molecular flexibility index (Phi) is 4.19. The second-order valence-electron chi connectivity index (χ2n) is 5.60. The lowest BCUT2D eigenvalue weighted by Gasteiger charge is -2.03. The molecule has 3 rings (SSSR count). The molecule has 22 heavy (non-hydrogen) atoms. The second kappa shape index (κ2) is 6.44.